The van der Waals surface area contributed by atoms with Crippen molar-refractivity contribution in [2.24, 2.45) is 0 Å². The van der Waals surface area contributed by atoms with Gasteiger partial charge in [-0.05, 0) is 46.2 Å². The highest BCUT2D eigenvalue weighted by Gasteiger charge is 2.41. The second-order valence-electron chi connectivity index (χ2n) is 15.3. The third-order valence-electron chi connectivity index (χ3n) is 11.3. The first-order chi connectivity index (χ1) is 30.2. The van der Waals surface area contributed by atoms with Crippen LogP contribution in [0.25, 0.3) is 33.6 Å². The number of imidazole rings is 2. The summed E-state index contributed by atoms with van der Waals surface area (Å²) in [5.74, 6) is 0.292. The van der Waals surface area contributed by atoms with Crippen molar-refractivity contribution in [3.05, 3.63) is 144 Å². The molecule has 62 heavy (non-hydrogen) atoms. The number of ether oxygens (including phenoxy) is 1. The summed E-state index contributed by atoms with van der Waals surface area (Å²) in [6.45, 7) is 0.810. The van der Waals surface area contributed by atoms with Gasteiger partial charge in [-0.1, -0.05) is 109 Å². The van der Waals surface area contributed by atoms with E-state index in [1.165, 1.54) is 7.11 Å². The summed E-state index contributed by atoms with van der Waals surface area (Å²) in [7, 11) is 1.27. The molecule has 0 unspecified atom stereocenters. The van der Waals surface area contributed by atoms with Crippen LogP contribution < -0.4 is 5.32 Å². The standard InChI is InChI=1S/C46H46N8O6S2/c1-58-46(57)52-41(33-10-6-3-7-11-33)45(56)54-25-35(62)21-40(54)43-49-23-38(51-43)32-18-14-29(15-19-32)28-12-16-31(17-13-28)37-22-48-42(50-37)39-20-34(61)24-53(39)44(55)36(26-59-60-27-47)30-8-4-2-5-9-30/h2-19,22-23,27,34-36,39-41,47,61-62H,20-21,24-26H2,1H3,(H,48,50)(H,49,51)(H,52,57)/t34-,35-,36-,39-,40-,41-/m0/s1. The molecule has 4 heterocycles. The van der Waals surface area contributed by atoms with E-state index in [1.807, 2.05) is 72.8 Å². The van der Waals surface area contributed by atoms with Gasteiger partial charge in [-0.25, -0.2) is 14.8 Å². The van der Waals surface area contributed by atoms with E-state index in [-0.39, 0.29) is 41.0 Å². The zero-order valence-electron chi connectivity index (χ0n) is 33.8. The number of hydrogen-bond donors (Lipinski definition) is 6. The van der Waals surface area contributed by atoms with Crippen LogP contribution in [-0.2, 0) is 24.1 Å². The molecular formula is C46H46N8O6S2. The van der Waals surface area contributed by atoms with Gasteiger partial charge >= 0.3 is 6.09 Å². The Labute approximate surface area is 369 Å². The van der Waals surface area contributed by atoms with Gasteiger partial charge in [0.25, 0.3) is 5.91 Å². The van der Waals surface area contributed by atoms with Gasteiger partial charge < -0.3 is 34.7 Å². The molecule has 2 saturated heterocycles. The first kappa shape index (κ1) is 42.3. The van der Waals surface area contributed by atoms with E-state index in [4.69, 9.17) is 55.1 Å². The van der Waals surface area contributed by atoms with Gasteiger partial charge in [0.1, 0.15) is 24.3 Å². The fraction of sp³-hybridized carbons (Fsp3) is 0.261. The zero-order valence-corrected chi connectivity index (χ0v) is 35.5. The van der Waals surface area contributed by atoms with Crippen molar-refractivity contribution in [1.82, 2.24) is 35.1 Å². The number of nitrogens with one attached hydrogen (secondary N) is 4. The largest absolute Gasteiger partial charge is 0.453 e. The molecular weight excluding hydrogens is 825 g/mol. The quantitative estimate of drug-likeness (QED) is 0.0161. The number of benzene rings is 4. The number of nitrogens with zero attached hydrogens (tertiary/aromatic N) is 4. The van der Waals surface area contributed by atoms with E-state index >= 15 is 0 Å². The average molecular weight is 871 g/mol. The molecule has 3 amide bonds. The number of alkyl carbamates (subject to hydrolysis) is 1. The molecule has 16 heteroatoms. The lowest BCUT2D eigenvalue weighted by molar-refractivity contribution is -0.221. The van der Waals surface area contributed by atoms with E-state index in [9.17, 15) is 14.4 Å². The van der Waals surface area contributed by atoms with Crippen molar-refractivity contribution >= 4 is 49.6 Å². The van der Waals surface area contributed by atoms with Crippen LogP contribution in [0.5, 0.6) is 0 Å². The van der Waals surface area contributed by atoms with Crippen molar-refractivity contribution in [2.45, 2.75) is 47.4 Å². The highest BCUT2D eigenvalue weighted by molar-refractivity contribution is 7.81. The number of H-pyrrole nitrogens is 2. The van der Waals surface area contributed by atoms with E-state index in [1.54, 1.807) is 34.3 Å². The average Bonchev–Trinajstić information content (AvgIpc) is 4.14. The van der Waals surface area contributed by atoms with Gasteiger partial charge in [0.15, 0.2) is 0 Å². The topological polar surface area (TPSA) is 179 Å². The summed E-state index contributed by atoms with van der Waals surface area (Å²) < 4.78 is 4.84. The fourth-order valence-electron chi connectivity index (χ4n) is 8.24. The minimum atomic E-state index is -0.931. The summed E-state index contributed by atoms with van der Waals surface area (Å²) in [5.41, 5.74) is 7.03. The van der Waals surface area contributed by atoms with Crippen molar-refractivity contribution in [2.75, 3.05) is 26.8 Å². The molecule has 0 aliphatic carbocycles. The van der Waals surface area contributed by atoms with Crippen LogP contribution in [0.3, 0.4) is 0 Å². The summed E-state index contributed by atoms with van der Waals surface area (Å²) >= 11 is 9.48. The molecule has 8 rings (SSSR count). The molecule has 2 fully saturated rings. The summed E-state index contributed by atoms with van der Waals surface area (Å²) in [6.07, 6.45) is 4.79. The van der Waals surface area contributed by atoms with Crippen LogP contribution in [0.1, 0.15) is 59.7 Å². The van der Waals surface area contributed by atoms with Crippen LogP contribution in [0.4, 0.5) is 4.79 Å². The van der Waals surface area contributed by atoms with Gasteiger partial charge in [0, 0.05) is 23.6 Å². The third kappa shape index (κ3) is 9.27. The number of hydrogen-bond acceptors (Lipinski definition) is 11. The lowest BCUT2D eigenvalue weighted by Crippen LogP contribution is -2.43. The molecule has 2 aromatic heterocycles. The molecule has 14 nitrogen and oxygen atoms in total. The predicted molar refractivity (Wildman–Crippen MR) is 240 cm³/mol. The van der Waals surface area contributed by atoms with Crippen molar-refractivity contribution in [3.8, 4) is 33.6 Å². The highest BCUT2D eigenvalue weighted by Crippen LogP contribution is 2.38. The van der Waals surface area contributed by atoms with Gasteiger partial charge in [-0.15, -0.1) is 0 Å². The molecule has 6 aromatic rings. The number of aromatic amines is 2. The Morgan fingerprint density at radius 2 is 1.19 bits per heavy atom. The van der Waals surface area contributed by atoms with Gasteiger partial charge in [-0.3, -0.25) is 15.0 Å². The lowest BCUT2D eigenvalue weighted by atomic mass is 9.98. The van der Waals surface area contributed by atoms with Crippen LogP contribution in [0.2, 0.25) is 0 Å². The van der Waals surface area contributed by atoms with E-state index < -0.39 is 18.1 Å². The Kier molecular flexibility index (Phi) is 13.1. The van der Waals surface area contributed by atoms with Crippen LogP contribution in [0, 0.1) is 5.41 Å². The van der Waals surface area contributed by atoms with Gasteiger partial charge in [-0.2, -0.15) is 30.1 Å². The second kappa shape index (κ2) is 19.1. The molecule has 4 aromatic carbocycles. The first-order valence-electron chi connectivity index (χ1n) is 20.2. The maximum atomic E-state index is 14.0. The van der Waals surface area contributed by atoms with E-state index in [2.05, 4.69) is 39.6 Å². The number of aromatic nitrogens is 4. The smallest absolute Gasteiger partial charge is 0.407 e. The third-order valence-corrected chi connectivity index (χ3v) is 12.1. The number of methoxy groups -OCH3 is 1. The Hall–Kier alpha value is -6.36. The Morgan fingerprint density at radius 3 is 1.68 bits per heavy atom. The maximum Gasteiger partial charge on any atom is 0.407 e. The second-order valence-corrected chi connectivity index (χ2v) is 16.7. The minimum Gasteiger partial charge on any atom is -0.453 e. The number of likely N-dealkylation sites (tertiary alicyclic amines) is 2. The van der Waals surface area contributed by atoms with E-state index in [0.29, 0.717) is 49.5 Å². The number of thiol groups is 2. The SMILES string of the molecule is COC(=O)N[C@H](C(=O)N1C[C@@H](S)C[C@H]1c1ncc(-c2ccc(-c3ccc(-c4cnc([C@@H]5C[C@H](S)CN5C(=O)[C@@H](COOC=N)c5ccccc5)[nH]4)cc3)cc2)[nH]1)c1ccccc1. The summed E-state index contributed by atoms with van der Waals surface area (Å²) in [4.78, 5) is 70.1. The molecule has 0 bridgehead atoms. The normalized spacial score (nSPS) is 19.5. The Morgan fingerprint density at radius 1 is 0.726 bits per heavy atom. The van der Waals surface area contributed by atoms with Gasteiger partial charge in [0.05, 0.1) is 48.9 Å². The first-order valence-corrected chi connectivity index (χ1v) is 21.2. The van der Waals surface area contributed by atoms with E-state index in [0.717, 1.165) is 39.2 Å². The zero-order chi connectivity index (χ0) is 43.2. The monoisotopic (exact) mass is 870 g/mol. The fourth-order valence-corrected chi connectivity index (χ4v) is 8.99. The minimum absolute atomic E-state index is 0.0285. The molecule has 2 aliphatic heterocycles. The van der Waals surface area contributed by atoms with Crippen molar-refractivity contribution < 1.29 is 28.9 Å². The van der Waals surface area contributed by atoms with Crippen LogP contribution in [-0.4, -0.2) is 91.4 Å². The highest BCUT2D eigenvalue weighted by atomic mass is 32.1. The van der Waals surface area contributed by atoms with Crippen LogP contribution >= 0.6 is 25.3 Å². The molecule has 0 saturated carbocycles. The number of amides is 3. The molecule has 318 valence electrons. The molecule has 4 N–H and O–H groups in total. The van der Waals surface area contributed by atoms with Crippen molar-refractivity contribution in [1.29, 1.82) is 5.41 Å². The predicted octanol–water partition coefficient (Wildman–Crippen LogP) is 7.71. The Balaban J connectivity index is 0.940. The number of carbonyl (C=O) groups excluding carboxylic acids is 3. The van der Waals surface area contributed by atoms with Gasteiger partial charge in [0.2, 0.25) is 12.3 Å². The Bertz CT molecular complexity index is 2480. The van der Waals surface area contributed by atoms with Crippen molar-refractivity contribution in [3.63, 3.8) is 0 Å². The number of rotatable bonds is 14. The summed E-state index contributed by atoms with van der Waals surface area (Å²) in [5, 5.41) is 9.74. The number of carbonyl (C=O) groups is 3. The molecule has 2 aliphatic rings. The van der Waals surface area contributed by atoms with Crippen LogP contribution in [0.15, 0.2) is 122 Å². The molecule has 0 radical (unpaired) electrons. The molecule has 0 spiro atoms. The molecule has 6 atom stereocenters. The lowest BCUT2D eigenvalue weighted by Gasteiger charge is -2.28. The summed E-state index contributed by atoms with van der Waals surface area (Å²) in [6, 6.07) is 33.3. The maximum absolute atomic E-state index is 14.0.